The van der Waals surface area contributed by atoms with Crippen molar-refractivity contribution >= 4 is 23.4 Å². The number of benzene rings is 5. The van der Waals surface area contributed by atoms with Crippen molar-refractivity contribution in [2.45, 2.75) is 88.5 Å². The molecule has 306 valence electrons. The molecular formula is C49H49ClN6O4. The number of nitriles is 1. The first kappa shape index (κ1) is 41.9. The molecule has 1 fully saturated rings. The standard InChI is InChI=1S/C49H49ClN6O4/c50-45-33-44(28-25-38(45)34-51)59-43-29-26-42(27-30-43)52-48(58)32-36-21-23-37(24-22-36)46-35-56(55-53-46)31-13-2-1-12-20-47(57)54-60-49(39-14-6-3-7-15-39,40-16-8-4-9-17-40)41-18-10-5-11-19-41/h3-11,14-19,21-25,28,33,35,42-43H,1-2,12-13,20,26-27,29-32H2,(H,52,58)(H,54,57). The normalized spacial score (nSPS) is 15.1. The summed E-state index contributed by atoms with van der Waals surface area (Å²) in [4.78, 5) is 32.5. The van der Waals surface area contributed by atoms with Gasteiger partial charge in [0.15, 0.2) is 5.60 Å². The number of unbranched alkanes of at least 4 members (excludes halogenated alkanes) is 3. The van der Waals surface area contributed by atoms with Crippen molar-refractivity contribution in [1.82, 2.24) is 25.8 Å². The third-order valence-electron chi connectivity index (χ3n) is 11.0. The van der Waals surface area contributed by atoms with Crippen LogP contribution in [0.5, 0.6) is 5.75 Å². The Kier molecular flexibility index (Phi) is 14.4. The molecule has 1 aromatic heterocycles. The average Bonchev–Trinajstić information content (AvgIpc) is 3.76. The Morgan fingerprint density at radius 2 is 1.38 bits per heavy atom. The molecule has 1 saturated carbocycles. The summed E-state index contributed by atoms with van der Waals surface area (Å²) in [5.41, 5.74) is 7.62. The second-order valence-corrected chi connectivity index (χ2v) is 15.6. The van der Waals surface area contributed by atoms with Gasteiger partial charge in [-0.15, -0.1) is 5.10 Å². The van der Waals surface area contributed by atoms with E-state index in [0.29, 0.717) is 29.2 Å². The number of nitrogens with one attached hydrogen (secondary N) is 2. The van der Waals surface area contributed by atoms with Gasteiger partial charge in [-0.3, -0.25) is 19.1 Å². The summed E-state index contributed by atoms with van der Waals surface area (Å²) < 4.78 is 7.94. The van der Waals surface area contributed by atoms with E-state index in [1.165, 1.54) is 0 Å². The van der Waals surface area contributed by atoms with Gasteiger partial charge in [-0.1, -0.05) is 145 Å². The lowest BCUT2D eigenvalue weighted by atomic mass is 9.80. The number of hydroxylamine groups is 1. The van der Waals surface area contributed by atoms with Gasteiger partial charge in [0.2, 0.25) is 11.8 Å². The van der Waals surface area contributed by atoms with Crippen molar-refractivity contribution in [3.63, 3.8) is 0 Å². The highest BCUT2D eigenvalue weighted by Crippen LogP contribution is 2.39. The summed E-state index contributed by atoms with van der Waals surface area (Å²) in [7, 11) is 0. The van der Waals surface area contributed by atoms with Gasteiger partial charge in [0.1, 0.15) is 17.5 Å². The van der Waals surface area contributed by atoms with Crippen molar-refractivity contribution < 1.29 is 19.2 Å². The van der Waals surface area contributed by atoms with Crippen molar-refractivity contribution in [3.8, 4) is 23.1 Å². The van der Waals surface area contributed by atoms with Crippen molar-refractivity contribution in [2.24, 2.45) is 0 Å². The van der Waals surface area contributed by atoms with Crippen LogP contribution in [-0.2, 0) is 33.0 Å². The van der Waals surface area contributed by atoms with Crippen LogP contribution in [0.4, 0.5) is 0 Å². The van der Waals surface area contributed by atoms with Crippen LogP contribution in [0, 0.1) is 11.3 Å². The van der Waals surface area contributed by atoms with Gasteiger partial charge in [-0.25, -0.2) is 5.48 Å². The van der Waals surface area contributed by atoms with Crippen LogP contribution in [0.3, 0.4) is 0 Å². The van der Waals surface area contributed by atoms with Gasteiger partial charge in [-0.05, 0) is 72.9 Å². The number of carbonyl (C=O) groups excluding carboxylic acids is 2. The van der Waals surface area contributed by atoms with Crippen LogP contribution in [0.1, 0.15) is 85.6 Å². The Bertz CT molecular complexity index is 2240. The van der Waals surface area contributed by atoms with Crippen LogP contribution < -0.4 is 15.5 Å². The molecule has 1 aliphatic carbocycles. The van der Waals surface area contributed by atoms with Crippen molar-refractivity contribution in [2.75, 3.05) is 0 Å². The highest BCUT2D eigenvalue weighted by atomic mass is 35.5. The molecule has 60 heavy (non-hydrogen) atoms. The van der Waals surface area contributed by atoms with Crippen molar-refractivity contribution in [3.05, 3.63) is 172 Å². The second kappa shape index (κ2) is 20.6. The number of ether oxygens (including phenoxy) is 1. The lowest BCUT2D eigenvalue weighted by molar-refractivity contribution is -0.143. The molecule has 7 rings (SSSR count). The zero-order valence-electron chi connectivity index (χ0n) is 33.5. The number of hydrogen-bond donors (Lipinski definition) is 2. The SMILES string of the molecule is N#Cc1ccc(OC2CCC(NC(=O)Cc3ccc(-c4cn(CCCCCCC(=O)NOC(c5ccccc5)(c5ccccc5)c5ccccc5)nn4)cc3)CC2)cc1Cl. The van der Waals surface area contributed by atoms with Crippen LogP contribution in [0.25, 0.3) is 11.3 Å². The van der Waals surface area contributed by atoms with Crippen LogP contribution in [-0.4, -0.2) is 39.0 Å². The van der Waals surface area contributed by atoms with E-state index in [-0.39, 0.29) is 24.0 Å². The van der Waals surface area contributed by atoms with Crippen molar-refractivity contribution in [1.29, 1.82) is 5.26 Å². The topological polar surface area (TPSA) is 131 Å². The molecular weight excluding hydrogens is 772 g/mol. The predicted octanol–water partition coefficient (Wildman–Crippen LogP) is 9.51. The van der Waals surface area contributed by atoms with E-state index in [4.69, 9.17) is 26.4 Å². The Balaban J connectivity index is 0.808. The van der Waals surface area contributed by atoms with E-state index in [9.17, 15) is 9.59 Å². The number of halogens is 1. The molecule has 0 unspecified atom stereocenters. The van der Waals surface area contributed by atoms with Crippen LogP contribution in [0.15, 0.2) is 140 Å². The smallest absolute Gasteiger partial charge is 0.243 e. The predicted molar refractivity (Wildman–Crippen MR) is 232 cm³/mol. The molecule has 0 saturated heterocycles. The van der Waals surface area contributed by atoms with E-state index in [2.05, 4.69) is 27.2 Å². The van der Waals surface area contributed by atoms with Gasteiger partial charge < -0.3 is 10.1 Å². The molecule has 0 bridgehead atoms. The molecule has 10 nitrogen and oxygen atoms in total. The lowest BCUT2D eigenvalue weighted by Gasteiger charge is -2.35. The van der Waals surface area contributed by atoms with Crippen LogP contribution in [0.2, 0.25) is 5.02 Å². The maximum Gasteiger partial charge on any atom is 0.243 e. The number of carbonyl (C=O) groups is 2. The fourth-order valence-corrected chi connectivity index (χ4v) is 7.98. The Morgan fingerprint density at radius 1 is 0.767 bits per heavy atom. The van der Waals surface area contributed by atoms with Gasteiger partial charge in [0, 0.05) is 30.6 Å². The molecule has 0 atom stereocenters. The molecule has 11 heteroatoms. The first-order valence-corrected chi connectivity index (χ1v) is 21.1. The fraction of sp³-hybridized carbons (Fsp3) is 0.286. The molecule has 5 aromatic carbocycles. The number of aromatic nitrogens is 3. The van der Waals surface area contributed by atoms with Gasteiger partial charge in [-0.2, -0.15) is 5.26 Å². The van der Waals surface area contributed by atoms with E-state index in [0.717, 1.165) is 91.4 Å². The average molecular weight is 821 g/mol. The first-order chi connectivity index (χ1) is 29.4. The number of rotatable bonds is 18. The minimum absolute atomic E-state index is 0.00195. The Morgan fingerprint density at radius 3 is 1.98 bits per heavy atom. The summed E-state index contributed by atoms with van der Waals surface area (Å²) in [5, 5.41) is 21.4. The third kappa shape index (κ3) is 10.9. The summed E-state index contributed by atoms with van der Waals surface area (Å²) in [6.45, 7) is 0.728. The fourth-order valence-electron chi connectivity index (χ4n) is 7.77. The van der Waals surface area contributed by atoms with E-state index < -0.39 is 5.60 Å². The lowest BCUT2D eigenvalue weighted by Crippen LogP contribution is -2.40. The number of nitrogens with zero attached hydrogens (tertiary/aromatic N) is 4. The molecule has 0 aliphatic heterocycles. The summed E-state index contributed by atoms with van der Waals surface area (Å²) >= 11 is 6.15. The van der Waals surface area contributed by atoms with Gasteiger partial charge in [0.25, 0.3) is 0 Å². The molecule has 2 N–H and O–H groups in total. The molecule has 1 heterocycles. The minimum atomic E-state index is -1.01. The Hall–Kier alpha value is -6.28. The third-order valence-corrected chi connectivity index (χ3v) is 11.3. The van der Waals surface area contributed by atoms with E-state index in [1.807, 2.05) is 126 Å². The zero-order valence-corrected chi connectivity index (χ0v) is 34.3. The largest absolute Gasteiger partial charge is 0.490 e. The zero-order chi connectivity index (χ0) is 41.6. The summed E-state index contributed by atoms with van der Waals surface area (Å²) in [6, 6.07) is 45.1. The van der Waals surface area contributed by atoms with Gasteiger partial charge >= 0.3 is 0 Å². The van der Waals surface area contributed by atoms with Crippen LogP contribution >= 0.6 is 11.6 Å². The number of hydrogen-bond acceptors (Lipinski definition) is 7. The minimum Gasteiger partial charge on any atom is -0.490 e. The molecule has 0 radical (unpaired) electrons. The highest BCUT2D eigenvalue weighted by Gasteiger charge is 2.39. The maximum absolute atomic E-state index is 13.1. The summed E-state index contributed by atoms with van der Waals surface area (Å²) in [6.07, 6.45) is 9.48. The second-order valence-electron chi connectivity index (χ2n) is 15.2. The molecule has 0 spiro atoms. The van der Waals surface area contributed by atoms with Gasteiger partial charge in [0.05, 0.1) is 29.3 Å². The highest BCUT2D eigenvalue weighted by molar-refractivity contribution is 6.31. The quantitative estimate of drug-likeness (QED) is 0.0502. The monoisotopic (exact) mass is 820 g/mol. The maximum atomic E-state index is 13.1. The first-order valence-electron chi connectivity index (χ1n) is 20.7. The number of aryl methyl sites for hydroxylation is 1. The summed E-state index contributed by atoms with van der Waals surface area (Å²) in [5.74, 6) is 0.499. The molecule has 1 aliphatic rings. The number of amides is 2. The van der Waals surface area contributed by atoms with E-state index >= 15 is 0 Å². The molecule has 2 amide bonds. The van der Waals surface area contributed by atoms with E-state index in [1.54, 1.807) is 18.2 Å². The Labute approximate surface area is 356 Å². The molecule has 6 aromatic rings.